The van der Waals surface area contributed by atoms with Crippen molar-refractivity contribution < 1.29 is 13.2 Å². The van der Waals surface area contributed by atoms with Gasteiger partial charge in [-0.25, -0.2) is 17.9 Å². The zero-order valence-electron chi connectivity index (χ0n) is 17.7. The van der Waals surface area contributed by atoms with Gasteiger partial charge in [-0.1, -0.05) is 19.1 Å². The van der Waals surface area contributed by atoms with Gasteiger partial charge in [0.25, 0.3) is 5.56 Å². The Hall–Kier alpha value is -2.94. The van der Waals surface area contributed by atoms with Gasteiger partial charge in [0, 0.05) is 30.6 Å². The number of hydrogen-bond acceptors (Lipinski definition) is 5. The molecule has 3 heterocycles. The first kappa shape index (κ1) is 21.3. The number of fused-ring (bicyclic) bond motifs is 1. The molecule has 1 aromatic carbocycles. The third kappa shape index (κ3) is 4.41. The Morgan fingerprint density at radius 3 is 2.61 bits per heavy atom. The summed E-state index contributed by atoms with van der Waals surface area (Å²) >= 11 is 0. The first-order chi connectivity index (χ1) is 14.8. The van der Waals surface area contributed by atoms with Crippen LogP contribution in [0.5, 0.6) is 0 Å². The number of aromatic nitrogens is 3. The minimum atomic E-state index is -3.27. The number of benzene rings is 1. The molecule has 0 radical (unpaired) electrons. The van der Waals surface area contributed by atoms with Gasteiger partial charge in [-0.3, -0.25) is 14.7 Å². The Bertz CT molecular complexity index is 1280. The molecule has 3 aromatic rings. The highest BCUT2D eigenvalue weighted by Crippen LogP contribution is 2.31. The number of H-pyrrole nitrogens is 1. The molecule has 164 valence electrons. The van der Waals surface area contributed by atoms with Gasteiger partial charge in [0.15, 0.2) is 15.5 Å². The second-order valence-electron chi connectivity index (χ2n) is 8.04. The lowest BCUT2D eigenvalue weighted by atomic mass is 9.98. The number of nitrogens with zero attached hydrogens (tertiary/aromatic N) is 3. The number of sulfone groups is 1. The maximum atomic E-state index is 13.1. The smallest absolute Gasteiger partial charge is 0.272 e. The molecule has 2 aromatic heterocycles. The SMILES string of the molecule is CCc1cc(=O)n2[nH]c([C@H]3CCCCN3C(=O)Cc3ccc(S(C)(=O)=O)cc3)cc2n1. The Labute approximate surface area is 180 Å². The molecule has 1 atom stereocenters. The highest BCUT2D eigenvalue weighted by molar-refractivity contribution is 7.90. The van der Waals surface area contributed by atoms with Crippen LogP contribution in [-0.4, -0.2) is 46.6 Å². The van der Waals surface area contributed by atoms with Crippen LogP contribution in [0.2, 0.25) is 0 Å². The second kappa shape index (κ2) is 8.30. The quantitative estimate of drug-likeness (QED) is 0.653. The van der Waals surface area contributed by atoms with Crippen molar-refractivity contribution in [2.24, 2.45) is 0 Å². The number of hydrogen-bond donors (Lipinski definition) is 1. The van der Waals surface area contributed by atoms with Crippen molar-refractivity contribution >= 4 is 21.4 Å². The van der Waals surface area contributed by atoms with E-state index in [9.17, 15) is 18.0 Å². The summed E-state index contributed by atoms with van der Waals surface area (Å²) in [6, 6.07) is 9.68. The molecule has 1 N–H and O–H groups in total. The van der Waals surface area contributed by atoms with Crippen LogP contribution in [-0.2, 0) is 27.5 Å². The Morgan fingerprint density at radius 2 is 1.94 bits per heavy atom. The Kier molecular flexibility index (Phi) is 5.70. The van der Waals surface area contributed by atoms with E-state index in [4.69, 9.17) is 0 Å². The second-order valence-corrected chi connectivity index (χ2v) is 10.1. The maximum Gasteiger partial charge on any atom is 0.272 e. The van der Waals surface area contributed by atoms with Gasteiger partial charge >= 0.3 is 0 Å². The largest absolute Gasteiger partial charge is 0.334 e. The third-order valence-corrected chi connectivity index (χ3v) is 6.90. The molecule has 1 aliphatic rings. The summed E-state index contributed by atoms with van der Waals surface area (Å²) in [5, 5.41) is 3.14. The van der Waals surface area contributed by atoms with Crippen molar-refractivity contribution in [2.75, 3.05) is 12.8 Å². The molecule has 0 unspecified atom stereocenters. The lowest BCUT2D eigenvalue weighted by Crippen LogP contribution is -2.39. The van der Waals surface area contributed by atoms with Crippen molar-refractivity contribution in [3.63, 3.8) is 0 Å². The van der Waals surface area contributed by atoms with Crippen LogP contribution in [0.1, 0.15) is 49.2 Å². The summed E-state index contributed by atoms with van der Waals surface area (Å²) in [6.07, 6.45) is 4.76. The number of aromatic amines is 1. The zero-order chi connectivity index (χ0) is 22.2. The van der Waals surface area contributed by atoms with Crippen molar-refractivity contribution in [1.82, 2.24) is 19.5 Å². The molecule has 0 bridgehead atoms. The van der Waals surface area contributed by atoms with Gasteiger partial charge < -0.3 is 4.90 Å². The summed E-state index contributed by atoms with van der Waals surface area (Å²) in [5.41, 5.74) is 2.72. The van der Waals surface area contributed by atoms with Crippen LogP contribution < -0.4 is 5.56 Å². The van der Waals surface area contributed by atoms with Crippen LogP contribution in [0, 0.1) is 0 Å². The number of amides is 1. The average Bonchev–Trinajstić information content (AvgIpc) is 3.18. The van der Waals surface area contributed by atoms with E-state index in [1.54, 1.807) is 12.1 Å². The van der Waals surface area contributed by atoms with E-state index >= 15 is 0 Å². The summed E-state index contributed by atoms with van der Waals surface area (Å²) in [6.45, 7) is 2.60. The Balaban J connectivity index is 1.58. The predicted octanol–water partition coefficient (Wildman–Crippen LogP) is 2.28. The van der Waals surface area contributed by atoms with Gasteiger partial charge in [0.05, 0.1) is 23.1 Å². The van der Waals surface area contributed by atoms with Crippen LogP contribution >= 0.6 is 0 Å². The summed E-state index contributed by atoms with van der Waals surface area (Å²) in [4.78, 5) is 32.1. The molecule has 1 saturated heterocycles. The van der Waals surface area contributed by atoms with E-state index in [-0.39, 0.29) is 28.8 Å². The fourth-order valence-corrected chi connectivity index (χ4v) is 4.73. The zero-order valence-corrected chi connectivity index (χ0v) is 18.5. The molecule has 1 amide bonds. The molecule has 0 saturated carbocycles. The van der Waals surface area contributed by atoms with Crippen LogP contribution in [0.15, 0.2) is 46.1 Å². The monoisotopic (exact) mass is 442 g/mol. The number of nitrogens with one attached hydrogen (secondary N) is 1. The van der Waals surface area contributed by atoms with Gasteiger partial charge in [-0.05, 0) is 43.4 Å². The molecule has 1 aliphatic heterocycles. The van der Waals surface area contributed by atoms with E-state index in [2.05, 4.69) is 10.1 Å². The fourth-order valence-electron chi connectivity index (χ4n) is 4.09. The van der Waals surface area contributed by atoms with Crippen molar-refractivity contribution in [3.8, 4) is 0 Å². The summed E-state index contributed by atoms with van der Waals surface area (Å²) in [7, 11) is -3.27. The van der Waals surface area contributed by atoms with E-state index in [1.807, 2.05) is 17.9 Å². The number of carbonyl (C=O) groups excluding carboxylic acids is 1. The van der Waals surface area contributed by atoms with E-state index < -0.39 is 9.84 Å². The number of likely N-dealkylation sites (tertiary alicyclic amines) is 1. The van der Waals surface area contributed by atoms with Crippen LogP contribution in [0.25, 0.3) is 5.65 Å². The minimum Gasteiger partial charge on any atom is -0.334 e. The predicted molar refractivity (Wildman–Crippen MR) is 117 cm³/mol. The van der Waals surface area contributed by atoms with Crippen LogP contribution in [0.3, 0.4) is 0 Å². The number of aryl methyl sites for hydroxylation is 1. The van der Waals surface area contributed by atoms with E-state index in [1.165, 1.54) is 22.7 Å². The van der Waals surface area contributed by atoms with Gasteiger partial charge in [0.2, 0.25) is 5.91 Å². The standard InChI is InChI=1S/C22H26N4O4S/c1-3-16-13-22(28)26-20(23-16)14-18(24-26)19-6-4-5-11-25(19)21(27)12-15-7-9-17(10-8-15)31(2,29)30/h7-10,13-14,19,24H,3-6,11-12H2,1-2H3/t19-/m1/s1. The number of piperidine rings is 1. The first-order valence-electron chi connectivity index (χ1n) is 10.5. The number of rotatable bonds is 5. The summed E-state index contributed by atoms with van der Waals surface area (Å²) in [5.74, 6) is -0.0231. The maximum absolute atomic E-state index is 13.1. The molecule has 8 nitrogen and oxygen atoms in total. The third-order valence-electron chi connectivity index (χ3n) is 5.77. The minimum absolute atomic E-state index is 0.0231. The highest BCUT2D eigenvalue weighted by Gasteiger charge is 2.29. The lowest BCUT2D eigenvalue weighted by molar-refractivity contribution is -0.134. The van der Waals surface area contributed by atoms with Crippen LogP contribution in [0.4, 0.5) is 0 Å². The van der Waals surface area contributed by atoms with Gasteiger partial charge in [-0.15, -0.1) is 0 Å². The molecule has 1 fully saturated rings. The lowest BCUT2D eigenvalue weighted by Gasteiger charge is -2.35. The Morgan fingerprint density at radius 1 is 1.19 bits per heavy atom. The van der Waals surface area contributed by atoms with Crippen molar-refractivity contribution in [1.29, 1.82) is 0 Å². The molecule has 0 aliphatic carbocycles. The molecule has 9 heteroatoms. The molecule has 31 heavy (non-hydrogen) atoms. The first-order valence-corrected chi connectivity index (χ1v) is 12.4. The molecular weight excluding hydrogens is 416 g/mol. The fraction of sp³-hybridized carbons (Fsp3) is 0.409. The van der Waals surface area contributed by atoms with Gasteiger partial charge in [0.1, 0.15) is 0 Å². The molecule has 4 rings (SSSR count). The normalized spacial score (nSPS) is 17.2. The summed E-state index contributed by atoms with van der Waals surface area (Å²) < 4.78 is 24.7. The van der Waals surface area contributed by atoms with Gasteiger partial charge in [-0.2, -0.15) is 0 Å². The molecular formula is C22H26N4O4S. The average molecular weight is 443 g/mol. The van der Waals surface area contributed by atoms with E-state index in [0.29, 0.717) is 18.6 Å². The van der Waals surface area contributed by atoms with Crippen molar-refractivity contribution in [3.05, 3.63) is 63.7 Å². The highest BCUT2D eigenvalue weighted by atomic mass is 32.2. The number of carbonyl (C=O) groups is 1. The van der Waals surface area contributed by atoms with E-state index in [0.717, 1.165) is 42.5 Å². The topological polar surface area (TPSA) is 105 Å². The molecule has 0 spiro atoms. The van der Waals surface area contributed by atoms with Crippen molar-refractivity contribution in [2.45, 2.75) is 50.0 Å².